The number of piperazine rings is 1. The van der Waals surface area contributed by atoms with Crippen LogP contribution in [-0.4, -0.2) is 57.3 Å². The number of rotatable bonds is 4. The smallest absolute Gasteiger partial charge is 0.227 e. The maximum absolute atomic E-state index is 12.6. The van der Waals surface area contributed by atoms with E-state index in [0.29, 0.717) is 39.0 Å². The molecule has 1 saturated heterocycles. The lowest BCUT2D eigenvalue weighted by atomic mass is 10.1. The minimum atomic E-state index is 0.120. The molecule has 0 N–H and O–H groups in total. The van der Waals surface area contributed by atoms with Crippen LogP contribution in [0.4, 0.5) is 0 Å². The molecule has 6 heteroatoms. The maximum atomic E-state index is 12.6. The van der Waals surface area contributed by atoms with Gasteiger partial charge in [0.15, 0.2) is 0 Å². The Hall–Kier alpha value is -2.37. The first-order valence-corrected chi connectivity index (χ1v) is 8.97. The molecule has 0 spiro atoms. The van der Waals surface area contributed by atoms with Gasteiger partial charge in [0.1, 0.15) is 5.82 Å². The van der Waals surface area contributed by atoms with Crippen LogP contribution < -0.4 is 0 Å². The molecule has 0 radical (unpaired) electrons. The van der Waals surface area contributed by atoms with Crippen molar-refractivity contribution in [2.24, 2.45) is 7.05 Å². The Labute approximate surface area is 148 Å². The van der Waals surface area contributed by atoms with E-state index in [2.05, 4.69) is 4.98 Å². The third-order valence-electron chi connectivity index (χ3n) is 4.97. The van der Waals surface area contributed by atoms with E-state index >= 15 is 0 Å². The van der Waals surface area contributed by atoms with Crippen LogP contribution in [0.3, 0.4) is 0 Å². The van der Waals surface area contributed by atoms with Crippen LogP contribution in [0.2, 0.25) is 0 Å². The van der Waals surface area contributed by atoms with E-state index in [4.69, 9.17) is 0 Å². The number of aromatic nitrogens is 2. The number of amides is 2. The van der Waals surface area contributed by atoms with Crippen molar-refractivity contribution >= 4 is 22.8 Å². The Morgan fingerprint density at radius 3 is 2.36 bits per heavy atom. The summed E-state index contributed by atoms with van der Waals surface area (Å²) < 4.78 is 2.05. The second kappa shape index (κ2) is 7.25. The molecular weight excluding hydrogens is 316 g/mol. The topological polar surface area (TPSA) is 58.4 Å². The molecular formula is C19H26N4O2. The van der Waals surface area contributed by atoms with Gasteiger partial charge in [0.2, 0.25) is 11.8 Å². The fourth-order valence-electron chi connectivity index (χ4n) is 3.34. The van der Waals surface area contributed by atoms with Crippen LogP contribution >= 0.6 is 0 Å². The third kappa shape index (κ3) is 3.67. The SMILES string of the molecule is CCCC(=O)N1CCN(C(=O)Cc2ccc3c(c2)nc(C)n3C)CC1. The minimum absolute atomic E-state index is 0.120. The summed E-state index contributed by atoms with van der Waals surface area (Å²) in [5.41, 5.74) is 3.00. The molecule has 2 heterocycles. The predicted octanol–water partition coefficient (Wildman–Crippen LogP) is 1.90. The van der Waals surface area contributed by atoms with Crippen LogP contribution in [0.15, 0.2) is 18.2 Å². The zero-order chi connectivity index (χ0) is 18.0. The predicted molar refractivity (Wildman–Crippen MR) is 97.2 cm³/mol. The van der Waals surface area contributed by atoms with Gasteiger partial charge < -0.3 is 14.4 Å². The summed E-state index contributed by atoms with van der Waals surface area (Å²) in [5, 5.41) is 0. The van der Waals surface area contributed by atoms with Gasteiger partial charge in [-0.1, -0.05) is 13.0 Å². The summed E-state index contributed by atoms with van der Waals surface area (Å²) in [6.07, 6.45) is 1.85. The van der Waals surface area contributed by atoms with E-state index < -0.39 is 0 Å². The molecule has 0 aliphatic carbocycles. The second-order valence-corrected chi connectivity index (χ2v) is 6.73. The third-order valence-corrected chi connectivity index (χ3v) is 4.97. The number of hydrogen-bond donors (Lipinski definition) is 0. The molecule has 0 unspecified atom stereocenters. The van der Waals surface area contributed by atoms with Crippen molar-refractivity contribution in [2.75, 3.05) is 26.2 Å². The zero-order valence-electron chi connectivity index (χ0n) is 15.3. The highest BCUT2D eigenvalue weighted by Crippen LogP contribution is 2.17. The molecule has 6 nitrogen and oxygen atoms in total. The van der Waals surface area contributed by atoms with Gasteiger partial charge in [0.05, 0.1) is 17.5 Å². The molecule has 1 aliphatic heterocycles. The zero-order valence-corrected chi connectivity index (χ0v) is 15.3. The van der Waals surface area contributed by atoms with Gasteiger partial charge in [-0.3, -0.25) is 9.59 Å². The number of hydrogen-bond acceptors (Lipinski definition) is 3. The summed E-state index contributed by atoms with van der Waals surface area (Å²) in [6.45, 7) is 6.52. The second-order valence-electron chi connectivity index (χ2n) is 6.73. The number of nitrogens with zero attached hydrogens (tertiary/aromatic N) is 4. The van der Waals surface area contributed by atoms with E-state index in [9.17, 15) is 9.59 Å². The first-order valence-electron chi connectivity index (χ1n) is 8.97. The standard InChI is InChI=1S/C19H26N4O2/c1-4-5-18(24)22-8-10-23(11-9-22)19(25)13-15-6-7-17-16(12-15)20-14(2)21(17)3/h6-7,12H,4-5,8-11,13H2,1-3H3. The van der Waals surface area contributed by atoms with Gasteiger partial charge in [-0.05, 0) is 31.0 Å². The van der Waals surface area contributed by atoms with Crippen molar-refractivity contribution in [3.63, 3.8) is 0 Å². The Bertz CT molecular complexity index is 788. The van der Waals surface area contributed by atoms with Crippen LogP contribution in [0.1, 0.15) is 31.2 Å². The van der Waals surface area contributed by atoms with Crippen molar-refractivity contribution in [3.8, 4) is 0 Å². The van der Waals surface area contributed by atoms with Gasteiger partial charge >= 0.3 is 0 Å². The summed E-state index contributed by atoms with van der Waals surface area (Å²) in [5.74, 6) is 1.28. The average molecular weight is 342 g/mol. The largest absolute Gasteiger partial charge is 0.339 e. The number of aryl methyl sites for hydroxylation is 2. The van der Waals surface area contributed by atoms with Crippen LogP contribution in [0.25, 0.3) is 11.0 Å². The average Bonchev–Trinajstić information content (AvgIpc) is 2.89. The first-order chi connectivity index (χ1) is 12.0. The monoisotopic (exact) mass is 342 g/mol. The molecule has 0 atom stereocenters. The minimum Gasteiger partial charge on any atom is -0.339 e. The van der Waals surface area contributed by atoms with E-state index in [1.54, 1.807) is 0 Å². The molecule has 2 aromatic rings. The van der Waals surface area contributed by atoms with Crippen LogP contribution in [0, 0.1) is 6.92 Å². The summed E-state index contributed by atoms with van der Waals surface area (Å²) >= 11 is 0. The number of carbonyl (C=O) groups excluding carboxylic acids is 2. The van der Waals surface area contributed by atoms with Gasteiger partial charge in [-0.15, -0.1) is 0 Å². The highest BCUT2D eigenvalue weighted by molar-refractivity contribution is 5.82. The maximum Gasteiger partial charge on any atom is 0.227 e. The van der Waals surface area contributed by atoms with Gasteiger partial charge in [0.25, 0.3) is 0 Å². The molecule has 0 saturated carbocycles. The lowest BCUT2D eigenvalue weighted by molar-refractivity contribution is -0.139. The van der Waals surface area contributed by atoms with Gasteiger partial charge in [-0.2, -0.15) is 0 Å². The van der Waals surface area contributed by atoms with Crippen molar-refractivity contribution in [2.45, 2.75) is 33.1 Å². The Morgan fingerprint density at radius 2 is 1.72 bits per heavy atom. The van der Waals surface area contributed by atoms with Crippen molar-refractivity contribution in [3.05, 3.63) is 29.6 Å². The summed E-state index contributed by atoms with van der Waals surface area (Å²) in [6, 6.07) is 6.03. The molecule has 134 valence electrons. The number of benzene rings is 1. The molecule has 0 bridgehead atoms. The Morgan fingerprint density at radius 1 is 1.08 bits per heavy atom. The molecule has 1 aromatic carbocycles. The first kappa shape index (κ1) is 17.5. The summed E-state index contributed by atoms with van der Waals surface area (Å²) in [4.78, 5) is 32.8. The molecule has 2 amide bonds. The quantitative estimate of drug-likeness (QED) is 0.853. The van der Waals surface area contributed by atoms with E-state index in [-0.39, 0.29) is 11.8 Å². The van der Waals surface area contributed by atoms with Gasteiger partial charge in [0, 0.05) is 39.6 Å². The Kier molecular flexibility index (Phi) is 5.06. The normalized spacial score (nSPS) is 15.0. The molecule has 1 aromatic heterocycles. The molecule has 1 fully saturated rings. The van der Waals surface area contributed by atoms with E-state index in [1.165, 1.54) is 0 Å². The summed E-state index contributed by atoms with van der Waals surface area (Å²) in [7, 11) is 1.99. The highest BCUT2D eigenvalue weighted by atomic mass is 16.2. The fourth-order valence-corrected chi connectivity index (χ4v) is 3.34. The lowest BCUT2D eigenvalue weighted by Crippen LogP contribution is -2.50. The van der Waals surface area contributed by atoms with Crippen LogP contribution in [-0.2, 0) is 23.1 Å². The lowest BCUT2D eigenvalue weighted by Gasteiger charge is -2.35. The molecule has 3 rings (SSSR count). The highest BCUT2D eigenvalue weighted by Gasteiger charge is 2.23. The molecule has 1 aliphatic rings. The number of fused-ring (bicyclic) bond motifs is 1. The van der Waals surface area contributed by atoms with Crippen LogP contribution in [0.5, 0.6) is 0 Å². The van der Waals surface area contributed by atoms with E-state index in [1.807, 2.05) is 53.5 Å². The van der Waals surface area contributed by atoms with Crippen molar-refractivity contribution < 1.29 is 9.59 Å². The van der Waals surface area contributed by atoms with E-state index in [0.717, 1.165) is 28.8 Å². The fraction of sp³-hybridized carbons (Fsp3) is 0.526. The van der Waals surface area contributed by atoms with Crippen molar-refractivity contribution in [1.82, 2.24) is 19.4 Å². The number of imidazole rings is 1. The van der Waals surface area contributed by atoms with Gasteiger partial charge in [-0.25, -0.2) is 4.98 Å². The molecule has 25 heavy (non-hydrogen) atoms. The number of carbonyl (C=O) groups is 2. The Balaban J connectivity index is 1.60. The van der Waals surface area contributed by atoms with Crippen molar-refractivity contribution in [1.29, 1.82) is 0 Å².